The topological polar surface area (TPSA) is 136 Å². The van der Waals surface area contributed by atoms with Gasteiger partial charge in [0.25, 0.3) is 5.56 Å². The van der Waals surface area contributed by atoms with Gasteiger partial charge in [-0.05, 0) is 39.2 Å². The third-order valence-corrected chi connectivity index (χ3v) is 7.31. The largest absolute Gasteiger partial charge is 0.462 e. The fourth-order valence-electron chi connectivity index (χ4n) is 3.43. The lowest BCUT2D eigenvalue weighted by Crippen LogP contribution is -2.41. The van der Waals surface area contributed by atoms with Crippen LogP contribution in [0.4, 0.5) is 0 Å². The second-order valence-corrected chi connectivity index (χ2v) is 9.95. The zero-order valence-corrected chi connectivity index (χ0v) is 18.7. The highest BCUT2D eigenvalue weighted by atomic mass is 32.2. The molecule has 12 heteroatoms. The van der Waals surface area contributed by atoms with Gasteiger partial charge in [0.15, 0.2) is 11.9 Å². The lowest BCUT2D eigenvalue weighted by Gasteiger charge is -2.22. The molecule has 0 spiro atoms. The van der Waals surface area contributed by atoms with Crippen molar-refractivity contribution in [3.8, 4) is 0 Å². The van der Waals surface area contributed by atoms with Crippen LogP contribution in [0.5, 0.6) is 0 Å². The number of ether oxygens (including phenoxy) is 2. The minimum atomic E-state index is -3.53. The predicted octanol–water partition coefficient (Wildman–Crippen LogP) is 1.50. The molecule has 3 rings (SSSR count). The number of rotatable bonds is 6. The number of aromatic nitrogens is 2. The van der Waals surface area contributed by atoms with Crippen LogP contribution in [0.15, 0.2) is 4.79 Å². The van der Waals surface area contributed by atoms with E-state index in [2.05, 4.69) is 9.97 Å². The van der Waals surface area contributed by atoms with E-state index in [0.717, 1.165) is 21.9 Å². The van der Waals surface area contributed by atoms with Crippen LogP contribution in [0.25, 0.3) is 10.2 Å². The fourth-order valence-corrected chi connectivity index (χ4v) is 5.62. The number of H-pyrrole nitrogens is 1. The third kappa shape index (κ3) is 4.25. The Kier molecular flexibility index (Phi) is 6.29. The Morgan fingerprint density at radius 3 is 2.73 bits per heavy atom. The molecule has 0 unspecified atom stereocenters. The van der Waals surface area contributed by atoms with Gasteiger partial charge in [-0.15, -0.1) is 11.3 Å². The quantitative estimate of drug-likeness (QED) is 0.645. The van der Waals surface area contributed by atoms with Crippen molar-refractivity contribution in [1.82, 2.24) is 14.3 Å². The van der Waals surface area contributed by atoms with Gasteiger partial charge in [0.1, 0.15) is 15.7 Å². The van der Waals surface area contributed by atoms with Gasteiger partial charge in [0.2, 0.25) is 10.0 Å². The van der Waals surface area contributed by atoms with Crippen molar-refractivity contribution in [2.24, 2.45) is 0 Å². The Balaban J connectivity index is 1.87. The predicted molar refractivity (Wildman–Crippen MR) is 110 cm³/mol. The summed E-state index contributed by atoms with van der Waals surface area (Å²) >= 11 is 1.03. The molecule has 2 aromatic rings. The second kappa shape index (κ2) is 8.44. The summed E-state index contributed by atoms with van der Waals surface area (Å²) in [5.41, 5.74) is 0.0222. The van der Waals surface area contributed by atoms with Crippen molar-refractivity contribution >= 4 is 43.5 Å². The van der Waals surface area contributed by atoms with E-state index in [9.17, 15) is 22.8 Å². The summed E-state index contributed by atoms with van der Waals surface area (Å²) in [5, 5.41) is 0.282. The van der Waals surface area contributed by atoms with Crippen molar-refractivity contribution < 1.29 is 27.5 Å². The van der Waals surface area contributed by atoms with E-state index in [1.54, 1.807) is 13.8 Å². The molecule has 10 nitrogen and oxygen atoms in total. The van der Waals surface area contributed by atoms with Crippen molar-refractivity contribution in [3.63, 3.8) is 0 Å². The van der Waals surface area contributed by atoms with Gasteiger partial charge in [-0.3, -0.25) is 9.59 Å². The number of hydrogen-bond acceptors (Lipinski definition) is 9. The first-order chi connectivity index (χ1) is 14.0. The maximum absolute atomic E-state index is 12.6. The normalized spacial score (nSPS) is 18.5. The maximum atomic E-state index is 12.6. The van der Waals surface area contributed by atoms with Gasteiger partial charge in [-0.1, -0.05) is 0 Å². The molecule has 1 saturated heterocycles. The smallest absolute Gasteiger partial charge is 0.348 e. The summed E-state index contributed by atoms with van der Waals surface area (Å²) in [6.45, 7) is 5.34. The number of aromatic amines is 1. The summed E-state index contributed by atoms with van der Waals surface area (Å²) < 4.78 is 35.2. The average molecular weight is 458 g/mol. The molecule has 1 N–H and O–H groups in total. The highest BCUT2D eigenvalue weighted by Gasteiger charge is 2.38. The van der Waals surface area contributed by atoms with E-state index in [1.807, 2.05) is 0 Å². The van der Waals surface area contributed by atoms with E-state index in [-0.39, 0.29) is 24.4 Å². The number of hydrogen-bond donors (Lipinski definition) is 1. The molecule has 0 bridgehead atoms. The van der Waals surface area contributed by atoms with Crippen LogP contribution >= 0.6 is 11.3 Å². The molecule has 2 aromatic heterocycles. The maximum Gasteiger partial charge on any atom is 0.348 e. The molecule has 3 heterocycles. The van der Waals surface area contributed by atoms with Crippen LogP contribution in [-0.2, 0) is 24.3 Å². The molecule has 0 amide bonds. The number of fused-ring (bicyclic) bond motifs is 1. The summed E-state index contributed by atoms with van der Waals surface area (Å²) in [4.78, 5) is 44.8. The average Bonchev–Trinajstić information content (AvgIpc) is 3.27. The minimum Gasteiger partial charge on any atom is -0.462 e. The van der Waals surface area contributed by atoms with Gasteiger partial charge in [0.05, 0.1) is 18.2 Å². The van der Waals surface area contributed by atoms with Gasteiger partial charge >= 0.3 is 11.9 Å². The Morgan fingerprint density at radius 1 is 1.40 bits per heavy atom. The van der Waals surface area contributed by atoms with Crippen molar-refractivity contribution in [2.45, 2.75) is 45.8 Å². The van der Waals surface area contributed by atoms with Gasteiger partial charge in [0, 0.05) is 6.54 Å². The number of aryl methyl sites for hydroxylation is 1. The molecule has 2 atom stereocenters. The summed E-state index contributed by atoms with van der Waals surface area (Å²) in [6.07, 6.45) is 1.07. The molecule has 0 saturated carbocycles. The Labute approximate surface area is 177 Å². The number of thiophene rings is 1. The zero-order valence-electron chi connectivity index (χ0n) is 17.1. The molecular formula is C18H23N3O7S2. The first-order valence-corrected chi connectivity index (χ1v) is 12.1. The highest BCUT2D eigenvalue weighted by molar-refractivity contribution is 7.88. The van der Waals surface area contributed by atoms with Crippen LogP contribution in [-0.4, -0.2) is 60.1 Å². The number of nitrogens with one attached hydrogen (secondary N) is 1. The molecule has 1 aliphatic rings. The SMILES string of the molecule is CCOC(=O)c1sc2nc([C@H](C)OC(=O)[C@H]3CCCN3S(C)(=O)=O)[nH]c(=O)c2c1C. The lowest BCUT2D eigenvalue weighted by atomic mass is 10.2. The van der Waals surface area contributed by atoms with Gasteiger partial charge in [-0.2, -0.15) is 4.31 Å². The van der Waals surface area contributed by atoms with E-state index in [1.165, 1.54) is 6.92 Å². The Bertz CT molecular complexity index is 1150. The zero-order chi connectivity index (χ0) is 22.2. The minimum absolute atomic E-state index is 0.112. The first kappa shape index (κ1) is 22.4. The summed E-state index contributed by atoms with van der Waals surface area (Å²) in [6, 6.07) is -0.891. The number of carbonyl (C=O) groups excluding carboxylic acids is 2. The molecule has 164 valence electrons. The van der Waals surface area contributed by atoms with Crippen molar-refractivity contribution in [2.75, 3.05) is 19.4 Å². The fraction of sp³-hybridized carbons (Fsp3) is 0.556. The van der Waals surface area contributed by atoms with Crippen LogP contribution < -0.4 is 5.56 Å². The number of esters is 2. The van der Waals surface area contributed by atoms with Crippen LogP contribution in [0.3, 0.4) is 0 Å². The molecule has 1 fully saturated rings. The van der Waals surface area contributed by atoms with Crippen LogP contribution in [0.2, 0.25) is 0 Å². The second-order valence-electron chi connectivity index (χ2n) is 7.02. The monoisotopic (exact) mass is 457 g/mol. The first-order valence-electron chi connectivity index (χ1n) is 9.42. The Morgan fingerprint density at radius 2 is 2.10 bits per heavy atom. The van der Waals surface area contributed by atoms with Gasteiger partial charge in [-0.25, -0.2) is 18.2 Å². The van der Waals surface area contributed by atoms with E-state index in [0.29, 0.717) is 28.1 Å². The summed E-state index contributed by atoms with van der Waals surface area (Å²) in [7, 11) is -3.53. The Hall–Kier alpha value is -2.31. The number of carbonyl (C=O) groups is 2. The van der Waals surface area contributed by atoms with Crippen LogP contribution in [0, 0.1) is 6.92 Å². The number of sulfonamides is 1. The molecule has 0 aromatic carbocycles. The lowest BCUT2D eigenvalue weighted by molar-refractivity contribution is -0.152. The molecular weight excluding hydrogens is 434 g/mol. The van der Waals surface area contributed by atoms with Crippen molar-refractivity contribution in [3.05, 3.63) is 26.6 Å². The highest BCUT2D eigenvalue weighted by Crippen LogP contribution is 2.29. The molecule has 30 heavy (non-hydrogen) atoms. The van der Waals surface area contributed by atoms with E-state index < -0.39 is 39.7 Å². The number of nitrogens with zero attached hydrogens (tertiary/aromatic N) is 2. The third-order valence-electron chi connectivity index (χ3n) is 4.86. The molecule has 0 aliphatic carbocycles. The van der Waals surface area contributed by atoms with Crippen molar-refractivity contribution in [1.29, 1.82) is 0 Å². The van der Waals surface area contributed by atoms with E-state index in [4.69, 9.17) is 9.47 Å². The summed E-state index contributed by atoms with van der Waals surface area (Å²) in [5.74, 6) is -1.11. The van der Waals surface area contributed by atoms with E-state index >= 15 is 0 Å². The molecule has 0 radical (unpaired) electrons. The van der Waals surface area contributed by atoms with Gasteiger partial charge < -0.3 is 14.5 Å². The molecule has 1 aliphatic heterocycles. The van der Waals surface area contributed by atoms with Crippen LogP contribution in [0.1, 0.15) is 53.9 Å². The standard InChI is InChI=1S/C18H23N3O7S2/c1-5-27-18(24)13-9(2)12-15(22)19-14(20-16(12)29-13)10(3)28-17(23)11-7-6-8-21(11)30(4,25)26/h10-11H,5-8H2,1-4H3,(H,19,20,22)/t10-,11+/m0/s1.